The summed E-state index contributed by atoms with van der Waals surface area (Å²) in [6.45, 7) is 1.12. The Hall–Kier alpha value is -2.06. The molecule has 0 radical (unpaired) electrons. The number of nitrogens with zero attached hydrogens (tertiary/aromatic N) is 2. The molecule has 1 aliphatic heterocycles. The lowest BCUT2D eigenvalue weighted by Gasteiger charge is -2.22. The van der Waals surface area contributed by atoms with Crippen LogP contribution >= 0.6 is 0 Å². The van der Waals surface area contributed by atoms with Crippen molar-refractivity contribution in [2.24, 2.45) is 11.8 Å². The summed E-state index contributed by atoms with van der Waals surface area (Å²) in [4.78, 5) is 14.1. The Morgan fingerprint density at radius 2 is 1.81 bits per heavy atom. The van der Waals surface area contributed by atoms with Crippen LogP contribution < -0.4 is 10.6 Å². The average Bonchev–Trinajstić information content (AvgIpc) is 3.34. The molecule has 138 valence electrons. The molecule has 2 saturated carbocycles. The third-order valence-corrected chi connectivity index (χ3v) is 6.42. The minimum Gasteiger partial charge on any atom is -0.382 e. The van der Waals surface area contributed by atoms with Crippen LogP contribution in [0.2, 0.25) is 0 Å². The van der Waals surface area contributed by atoms with E-state index in [1.807, 2.05) is 6.07 Å². The molecular formula is C21H28N4O. The lowest BCUT2D eigenvalue weighted by Crippen LogP contribution is -2.43. The molecule has 2 N–H and O–H groups in total. The minimum absolute atomic E-state index is 0.0923. The number of fused-ring (bicyclic) bond motifs is 1. The highest BCUT2D eigenvalue weighted by atomic mass is 16.2. The van der Waals surface area contributed by atoms with Crippen molar-refractivity contribution in [2.45, 2.75) is 56.7 Å². The zero-order chi connectivity index (χ0) is 17.9. The number of nitrogens with one attached hydrogen (secondary N) is 2. The summed E-state index contributed by atoms with van der Waals surface area (Å²) in [6.07, 6.45) is 6.58. The first-order valence-corrected chi connectivity index (χ1v) is 9.97. The van der Waals surface area contributed by atoms with Crippen molar-refractivity contribution >= 4 is 11.6 Å². The summed E-state index contributed by atoms with van der Waals surface area (Å²) in [6, 6.07) is 13.5. The highest BCUT2D eigenvalue weighted by Gasteiger charge is 2.41. The van der Waals surface area contributed by atoms with Crippen LogP contribution in [-0.4, -0.2) is 42.0 Å². The third-order valence-electron chi connectivity index (χ3n) is 6.42. The molecule has 0 bridgehead atoms. The fraction of sp³-hybridized carbons (Fsp3) is 0.619. The lowest BCUT2D eigenvalue weighted by atomic mass is 10.0. The number of rotatable bonds is 5. The van der Waals surface area contributed by atoms with Gasteiger partial charge >= 0.3 is 0 Å². The molecule has 2 aliphatic carbocycles. The molecule has 26 heavy (non-hydrogen) atoms. The van der Waals surface area contributed by atoms with Crippen molar-refractivity contribution in [2.75, 3.05) is 18.4 Å². The fourth-order valence-corrected chi connectivity index (χ4v) is 5.20. The van der Waals surface area contributed by atoms with E-state index in [4.69, 9.17) is 5.26 Å². The van der Waals surface area contributed by atoms with Crippen LogP contribution in [0.15, 0.2) is 30.3 Å². The monoisotopic (exact) mass is 352 g/mol. The van der Waals surface area contributed by atoms with Gasteiger partial charge in [0.25, 0.3) is 0 Å². The molecule has 3 unspecified atom stereocenters. The maximum Gasteiger partial charge on any atom is 0.237 e. The van der Waals surface area contributed by atoms with Crippen LogP contribution in [0, 0.1) is 23.2 Å². The first-order valence-electron chi connectivity index (χ1n) is 9.97. The standard InChI is InChI=1S/C21H28N4O/c22-13-20-7-4-8-25(20)21(26)14-23-18-9-15-11-19(12-16(15)10-18)24-17-5-2-1-3-6-17/h1-3,5-6,15-16,18-20,23-24H,4,7-12,14H2. The van der Waals surface area contributed by atoms with Crippen LogP contribution in [0.25, 0.3) is 0 Å². The summed E-state index contributed by atoms with van der Waals surface area (Å²) in [5, 5.41) is 16.3. The Kier molecular flexibility index (Phi) is 5.12. The smallest absolute Gasteiger partial charge is 0.237 e. The van der Waals surface area contributed by atoms with E-state index in [0.717, 1.165) is 31.2 Å². The molecule has 1 aromatic rings. The maximum absolute atomic E-state index is 12.4. The van der Waals surface area contributed by atoms with Crippen molar-refractivity contribution in [3.05, 3.63) is 30.3 Å². The molecule has 0 aromatic heterocycles. The molecule has 1 saturated heterocycles. The Labute approximate surface area is 155 Å². The quantitative estimate of drug-likeness (QED) is 0.855. The highest BCUT2D eigenvalue weighted by Crippen LogP contribution is 2.44. The molecule has 4 rings (SSSR count). The number of nitriles is 1. The topological polar surface area (TPSA) is 68.2 Å². The number of amides is 1. The van der Waals surface area contributed by atoms with Gasteiger partial charge in [0.1, 0.15) is 6.04 Å². The van der Waals surface area contributed by atoms with Gasteiger partial charge in [-0.05, 0) is 62.5 Å². The summed E-state index contributed by atoms with van der Waals surface area (Å²) < 4.78 is 0. The third kappa shape index (κ3) is 3.71. The van der Waals surface area contributed by atoms with E-state index < -0.39 is 0 Å². The minimum atomic E-state index is -0.211. The number of hydrogen-bond donors (Lipinski definition) is 2. The molecular weight excluding hydrogens is 324 g/mol. The van der Waals surface area contributed by atoms with Crippen LogP contribution in [-0.2, 0) is 4.79 Å². The van der Waals surface area contributed by atoms with Crippen LogP contribution in [0.3, 0.4) is 0 Å². The highest BCUT2D eigenvalue weighted by molar-refractivity contribution is 5.79. The van der Waals surface area contributed by atoms with E-state index in [-0.39, 0.29) is 11.9 Å². The molecule has 1 heterocycles. The normalized spacial score (nSPS) is 33.0. The van der Waals surface area contributed by atoms with Crippen molar-refractivity contribution in [1.29, 1.82) is 5.26 Å². The number of para-hydroxylation sites is 1. The Morgan fingerprint density at radius 1 is 1.12 bits per heavy atom. The summed E-state index contributed by atoms with van der Waals surface area (Å²) in [5.41, 5.74) is 1.22. The maximum atomic E-state index is 12.4. The molecule has 0 spiro atoms. The van der Waals surface area contributed by atoms with Gasteiger partial charge in [-0.1, -0.05) is 18.2 Å². The first-order chi connectivity index (χ1) is 12.7. The van der Waals surface area contributed by atoms with Crippen LogP contribution in [0.1, 0.15) is 38.5 Å². The zero-order valence-electron chi connectivity index (χ0n) is 15.2. The number of carbonyl (C=O) groups is 1. The van der Waals surface area contributed by atoms with Gasteiger partial charge in [0.05, 0.1) is 12.6 Å². The SMILES string of the molecule is N#CC1CCCN1C(=O)CNC1CC2CC(Nc3ccccc3)CC2C1. The number of carbonyl (C=O) groups excluding carboxylic acids is 1. The average molecular weight is 352 g/mol. The van der Waals surface area contributed by atoms with Gasteiger partial charge in [0.2, 0.25) is 5.91 Å². The van der Waals surface area contributed by atoms with Gasteiger partial charge in [0.15, 0.2) is 0 Å². The van der Waals surface area contributed by atoms with E-state index in [1.165, 1.54) is 31.4 Å². The van der Waals surface area contributed by atoms with Gasteiger partial charge in [-0.15, -0.1) is 0 Å². The molecule has 1 aromatic carbocycles. The second-order valence-corrected chi connectivity index (χ2v) is 8.12. The van der Waals surface area contributed by atoms with Gasteiger partial charge in [-0.2, -0.15) is 5.26 Å². The molecule has 3 atom stereocenters. The van der Waals surface area contributed by atoms with Crippen LogP contribution in [0.5, 0.6) is 0 Å². The summed E-state index contributed by atoms with van der Waals surface area (Å²) >= 11 is 0. The van der Waals surface area contributed by atoms with E-state index in [1.54, 1.807) is 4.90 Å². The zero-order valence-corrected chi connectivity index (χ0v) is 15.2. The van der Waals surface area contributed by atoms with E-state index in [0.29, 0.717) is 18.6 Å². The molecule has 5 heteroatoms. The predicted octanol–water partition coefficient (Wildman–Crippen LogP) is 2.76. The second-order valence-electron chi connectivity index (χ2n) is 8.12. The number of anilines is 1. The largest absolute Gasteiger partial charge is 0.382 e. The van der Waals surface area contributed by atoms with Gasteiger partial charge in [-0.25, -0.2) is 0 Å². The van der Waals surface area contributed by atoms with Crippen molar-refractivity contribution in [1.82, 2.24) is 10.2 Å². The van der Waals surface area contributed by atoms with E-state index >= 15 is 0 Å². The first kappa shape index (κ1) is 17.4. The molecule has 3 fully saturated rings. The fourth-order valence-electron chi connectivity index (χ4n) is 5.20. The van der Waals surface area contributed by atoms with Crippen LogP contribution in [0.4, 0.5) is 5.69 Å². The van der Waals surface area contributed by atoms with Gasteiger partial charge in [-0.3, -0.25) is 4.79 Å². The lowest BCUT2D eigenvalue weighted by molar-refractivity contribution is -0.130. The predicted molar refractivity (Wildman–Crippen MR) is 101 cm³/mol. The Bertz CT molecular complexity index is 656. The summed E-state index contributed by atoms with van der Waals surface area (Å²) in [5.74, 6) is 1.62. The van der Waals surface area contributed by atoms with Gasteiger partial charge in [0, 0.05) is 24.3 Å². The molecule has 1 amide bonds. The number of benzene rings is 1. The molecule has 5 nitrogen and oxygen atoms in total. The Morgan fingerprint density at radius 3 is 2.50 bits per heavy atom. The van der Waals surface area contributed by atoms with Crippen molar-refractivity contribution < 1.29 is 4.79 Å². The Balaban J connectivity index is 1.21. The van der Waals surface area contributed by atoms with E-state index in [2.05, 4.69) is 41.0 Å². The number of likely N-dealkylation sites (tertiary alicyclic amines) is 1. The summed E-state index contributed by atoms with van der Waals surface area (Å²) in [7, 11) is 0. The van der Waals surface area contributed by atoms with Crippen molar-refractivity contribution in [3.63, 3.8) is 0 Å². The second kappa shape index (κ2) is 7.67. The van der Waals surface area contributed by atoms with Crippen molar-refractivity contribution in [3.8, 4) is 6.07 Å². The van der Waals surface area contributed by atoms with Gasteiger partial charge < -0.3 is 15.5 Å². The van der Waals surface area contributed by atoms with E-state index in [9.17, 15) is 4.79 Å². The molecule has 3 aliphatic rings. The number of hydrogen-bond acceptors (Lipinski definition) is 4.